The van der Waals surface area contributed by atoms with Crippen LogP contribution in [0, 0.1) is 0 Å². The zero-order chi connectivity index (χ0) is 26.4. The first-order chi connectivity index (χ1) is 17.6. The first-order valence-corrected chi connectivity index (χ1v) is 13.9. The van der Waals surface area contributed by atoms with Crippen LogP contribution in [0.2, 0.25) is 0 Å². The fourth-order valence-electron chi connectivity index (χ4n) is 4.66. The number of aromatic nitrogens is 6. The molecule has 1 aliphatic rings. The number of nitrogens with two attached hydrogens (primary N) is 1. The van der Waals surface area contributed by atoms with Crippen molar-refractivity contribution < 1.29 is 19.2 Å². The Kier molecular flexibility index (Phi) is 6.77. The third kappa shape index (κ3) is 4.98. The van der Waals surface area contributed by atoms with E-state index in [9.17, 15) is 14.4 Å². The standard InChI is InChI=1S/C25H33N7O4S/c1-24(2,3)15-7-8-16-17(10-15)31-19(30-16)6-4-5-9-37(35)11-18-21(33)25(34,12-36-18)32-14-29-20-22(26)27-13-28-23(20)32/h7-8,10,13-14,18,21,33-34H,4-6,9,11-12H2,1-3H3,(H,30,31)(H2,26,27,28). The summed E-state index contributed by atoms with van der Waals surface area (Å²) in [6, 6.07) is 6.33. The number of aryl methyl sites for hydroxylation is 1. The van der Waals surface area contributed by atoms with E-state index in [0.717, 1.165) is 36.1 Å². The fourth-order valence-corrected chi connectivity index (χ4v) is 6.00. The molecule has 5 N–H and O–H groups in total. The minimum absolute atomic E-state index is 0.0742. The number of anilines is 1. The molecular formula is C25H33N7O4S. The van der Waals surface area contributed by atoms with Gasteiger partial charge < -0.3 is 25.7 Å². The van der Waals surface area contributed by atoms with Crippen LogP contribution in [0.15, 0.2) is 30.9 Å². The molecule has 4 unspecified atom stereocenters. The van der Waals surface area contributed by atoms with Gasteiger partial charge in [-0.05, 0) is 36.0 Å². The predicted octanol–water partition coefficient (Wildman–Crippen LogP) is 1.76. The lowest BCUT2D eigenvalue weighted by Gasteiger charge is -2.27. The molecule has 4 aromatic rings. The van der Waals surface area contributed by atoms with Crippen LogP contribution in [0.25, 0.3) is 22.2 Å². The molecule has 1 aromatic carbocycles. The Bertz CT molecular complexity index is 1450. The molecule has 198 valence electrons. The number of hydrogen-bond acceptors (Lipinski definition) is 9. The summed E-state index contributed by atoms with van der Waals surface area (Å²) in [4.78, 5) is 20.3. The number of aliphatic hydroxyl groups excluding tert-OH is 1. The summed E-state index contributed by atoms with van der Waals surface area (Å²) in [6.07, 6.45) is 2.86. The first-order valence-electron chi connectivity index (χ1n) is 12.4. The second-order valence-electron chi connectivity index (χ2n) is 10.7. The average Bonchev–Trinajstić information content (AvgIpc) is 3.54. The van der Waals surface area contributed by atoms with E-state index in [-0.39, 0.29) is 23.6 Å². The van der Waals surface area contributed by atoms with Crippen LogP contribution in [0.5, 0.6) is 0 Å². The van der Waals surface area contributed by atoms with Crippen molar-refractivity contribution in [1.29, 1.82) is 0 Å². The van der Waals surface area contributed by atoms with E-state index in [2.05, 4.69) is 57.8 Å². The molecule has 12 heteroatoms. The zero-order valence-electron chi connectivity index (χ0n) is 21.2. The highest BCUT2D eigenvalue weighted by Gasteiger charge is 2.50. The van der Waals surface area contributed by atoms with Gasteiger partial charge in [0.1, 0.15) is 23.8 Å². The van der Waals surface area contributed by atoms with E-state index in [1.165, 1.54) is 22.8 Å². The van der Waals surface area contributed by atoms with Gasteiger partial charge in [0, 0.05) is 23.0 Å². The van der Waals surface area contributed by atoms with Crippen molar-refractivity contribution in [3.63, 3.8) is 0 Å². The maximum absolute atomic E-state index is 12.7. The number of nitrogens with one attached hydrogen (secondary N) is 1. The summed E-state index contributed by atoms with van der Waals surface area (Å²) in [5.74, 6) is 1.68. The monoisotopic (exact) mass is 527 g/mol. The van der Waals surface area contributed by atoms with Gasteiger partial charge in [-0.15, -0.1) is 0 Å². The molecule has 0 radical (unpaired) electrons. The van der Waals surface area contributed by atoms with E-state index < -0.39 is 28.7 Å². The van der Waals surface area contributed by atoms with E-state index in [1.54, 1.807) is 0 Å². The van der Waals surface area contributed by atoms with Gasteiger partial charge in [0.25, 0.3) is 0 Å². The summed E-state index contributed by atoms with van der Waals surface area (Å²) >= 11 is 0. The molecule has 1 saturated heterocycles. The molecule has 1 fully saturated rings. The second-order valence-corrected chi connectivity index (χ2v) is 12.3. The molecular weight excluding hydrogens is 494 g/mol. The van der Waals surface area contributed by atoms with Crippen molar-refractivity contribution in [2.75, 3.05) is 23.8 Å². The van der Waals surface area contributed by atoms with E-state index >= 15 is 0 Å². The number of H-pyrrole nitrogens is 1. The lowest BCUT2D eigenvalue weighted by Crippen LogP contribution is -2.47. The number of nitrogen functional groups attached to an aromatic ring is 1. The van der Waals surface area contributed by atoms with Crippen LogP contribution >= 0.6 is 0 Å². The molecule has 1 aliphatic heterocycles. The molecule has 0 saturated carbocycles. The second kappa shape index (κ2) is 9.75. The number of fused-ring (bicyclic) bond motifs is 2. The van der Waals surface area contributed by atoms with Crippen LogP contribution in [0.4, 0.5) is 5.82 Å². The Hall–Kier alpha value is -2.93. The molecule has 4 atom stereocenters. The molecule has 4 heterocycles. The fraction of sp³-hybridized carbons (Fsp3) is 0.520. The Labute approximate surface area is 217 Å². The van der Waals surface area contributed by atoms with Crippen molar-refractivity contribution in [3.8, 4) is 0 Å². The molecule has 0 spiro atoms. The van der Waals surface area contributed by atoms with Crippen molar-refractivity contribution in [2.24, 2.45) is 0 Å². The third-order valence-electron chi connectivity index (χ3n) is 6.90. The van der Waals surface area contributed by atoms with Gasteiger partial charge in [-0.2, -0.15) is 0 Å². The highest BCUT2D eigenvalue weighted by atomic mass is 32.2. The summed E-state index contributed by atoms with van der Waals surface area (Å²) in [5.41, 5.74) is 7.97. The number of nitrogens with zero attached hydrogens (tertiary/aromatic N) is 5. The van der Waals surface area contributed by atoms with Gasteiger partial charge >= 0.3 is 0 Å². The van der Waals surface area contributed by atoms with Crippen molar-refractivity contribution in [1.82, 2.24) is 29.5 Å². The summed E-state index contributed by atoms with van der Waals surface area (Å²) < 4.78 is 19.7. The van der Waals surface area contributed by atoms with Gasteiger partial charge in [0.2, 0.25) is 0 Å². The first kappa shape index (κ1) is 25.7. The molecule has 0 aliphatic carbocycles. The summed E-state index contributed by atoms with van der Waals surface area (Å²) in [6.45, 7) is 6.38. The molecule has 37 heavy (non-hydrogen) atoms. The van der Waals surface area contributed by atoms with Crippen LogP contribution in [-0.4, -0.2) is 74.2 Å². The minimum atomic E-state index is -1.79. The molecule has 11 nitrogen and oxygen atoms in total. The number of imidazole rings is 2. The van der Waals surface area contributed by atoms with Gasteiger partial charge in [0.15, 0.2) is 17.2 Å². The Morgan fingerprint density at radius 3 is 2.86 bits per heavy atom. The predicted molar refractivity (Wildman–Crippen MR) is 141 cm³/mol. The van der Waals surface area contributed by atoms with Gasteiger partial charge in [-0.3, -0.25) is 8.78 Å². The molecule has 0 amide bonds. The van der Waals surface area contributed by atoms with Gasteiger partial charge in [-0.25, -0.2) is 19.9 Å². The molecule has 5 rings (SSSR count). The van der Waals surface area contributed by atoms with Crippen LogP contribution < -0.4 is 5.73 Å². The largest absolute Gasteiger partial charge is 0.385 e. The Balaban J connectivity index is 1.13. The Morgan fingerprint density at radius 2 is 2.08 bits per heavy atom. The number of aliphatic hydroxyl groups is 2. The number of benzene rings is 1. The number of unbranched alkanes of at least 4 members (excludes halogenated alkanes) is 1. The zero-order valence-corrected chi connectivity index (χ0v) is 22.0. The normalized spacial score (nSPS) is 23.3. The topological polar surface area (TPSA) is 165 Å². The lowest BCUT2D eigenvalue weighted by molar-refractivity contribution is -0.107. The van der Waals surface area contributed by atoms with Crippen LogP contribution in [-0.2, 0) is 33.1 Å². The van der Waals surface area contributed by atoms with Gasteiger partial charge in [-0.1, -0.05) is 26.8 Å². The van der Waals surface area contributed by atoms with Crippen molar-refractivity contribution >= 4 is 38.8 Å². The average molecular weight is 528 g/mol. The van der Waals surface area contributed by atoms with E-state index in [4.69, 9.17) is 10.5 Å². The van der Waals surface area contributed by atoms with Crippen molar-refractivity contribution in [3.05, 3.63) is 42.2 Å². The number of hydrogen-bond donors (Lipinski definition) is 4. The maximum Gasteiger partial charge on any atom is 0.197 e. The van der Waals surface area contributed by atoms with Crippen molar-refractivity contribution in [2.45, 2.75) is 63.4 Å². The van der Waals surface area contributed by atoms with Crippen LogP contribution in [0.3, 0.4) is 0 Å². The maximum atomic E-state index is 12.7. The minimum Gasteiger partial charge on any atom is -0.385 e. The SMILES string of the molecule is CC(C)(C)c1ccc2nc(CCCCS(=O)CC3OCC(O)(n4cnc5c(N)ncnc54)C3O)[nH]c2c1. The highest BCUT2D eigenvalue weighted by Crippen LogP contribution is 2.33. The quantitative estimate of drug-likeness (QED) is 0.250. The van der Waals surface area contributed by atoms with Crippen LogP contribution in [0.1, 0.15) is 45.0 Å². The molecule has 0 bridgehead atoms. The van der Waals surface area contributed by atoms with E-state index in [0.29, 0.717) is 16.9 Å². The summed E-state index contributed by atoms with van der Waals surface area (Å²) in [5, 5.41) is 22.1. The van der Waals surface area contributed by atoms with Gasteiger partial charge in [0.05, 0.1) is 35.8 Å². The lowest BCUT2D eigenvalue weighted by atomic mass is 9.87. The number of rotatable bonds is 8. The van der Waals surface area contributed by atoms with E-state index in [1.807, 2.05) is 6.07 Å². The summed E-state index contributed by atoms with van der Waals surface area (Å²) in [7, 11) is -1.22. The number of aromatic amines is 1. The smallest absolute Gasteiger partial charge is 0.197 e. The third-order valence-corrected chi connectivity index (χ3v) is 8.34. The Morgan fingerprint density at radius 1 is 1.27 bits per heavy atom. The number of ether oxygens (including phenoxy) is 1. The highest BCUT2D eigenvalue weighted by molar-refractivity contribution is 7.85. The molecule has 3 aromatic heterocycles.